The van der Waals surface area contributed by atoms with Crippen LogP contribution >= 0.6 is 0 Å². The lowest BCUT2D eigenvalue weighted by molar-refractivity contribution is -0.137. The number of anilines is 1. The van der Waals surface area contributed by atoms with E-state index in [-0.39, 0.29) is 19.0 Å². The van der Waals surface area contributed by atoms with Gasteiger partial charge in [-0.1, -0.05) is 12.1 Å². The van der Waals surface area contributed by atoms with Crippen LogP contribution in [0.5, 0.6) is 5.75 Å². The molecule has 0 aromatic heterocycles. The number of hydrogen-bond donors (Lipinski definition) is 2. The monoisotopic (exact) mass is 266 g/mol. The van der Waals surface area contributed by atoms with Crippen LogP contribution in [-0.2, 0) is 9.59 Å². The van der Waals surface area contributed by atoms with Crippen molar-refractivity contribution in [2.75, 3.05) is 31.6 Å². The van der Waals surface area contributed by atoms with Crippen LogP contribution in [0.2, 0.25) is 0 Å². The minimum Gasteiger partial charge on any atom is -0.492 e. The Morgan fingerprint density at radius 2 is 2.05 bits per heavy atom. The standard InChI is InChI=1S/C13H18N2O4/c1-3-19-11-7-5-4-6-10(11)15(2)9-12(16)14-8-13(17)18/h4-7H,3,8-9H2,1-2H3,(H,14,16)(H,17,18). The van der Waals surface area contributed by atoms with Crippen LogP contribution in [0.3, 0.4) is 0 Å². The van der Waals surface area contributed by atoms with E-state index >= 15 is 0 Å². The molecule has 0 saturated carbocycles. The van der Waals surface area contributed by atoms with Gasteiger partial charge in [-0.15, -0.1) is 0 Å². The summed E-state index contributed by atoms with van der Waals surface area (Å²) < 4.78 is 5.47. The van der Waals surface area contributed by atoms with Crippen molar-refractivity contribution < 1.29 is 19.4 Å². The number of para-hydroxylation sites is 2. The molecule has 104 valence electrons. The highest BCUT2D eigenvalue weighted by molar-refractivity contribution is 5.85. The number of benzene rings is 1. The van der Waals surface area contributed by atoms with Gasteiger partial charge in [0.15, 0.2) is 0 Å². The Bertz CT molecular complexity index is 448. The molecule has 0 aliphatic carbocycles. The molecule has 0 heterocycles. The van der Waals surface area contributed by atoms with Gasteiger partial charge in [-0.3, -0.25) is 9.59 Å². The molecule has 6 nitrogen and oxygen atoms in total. The van der Waals surface area contributed by atoms with Gasteiger partial charge in [0.25, 0.3) is 0 Å². The summed E-state index contributed by atoms with van der Waals surface area (Å²) in [6.07, 6.45) is 0. The maximum absolute atomic E-state index is 11.5. The van der Waals surface area contributed by atoms with Crippen molar-refractivity contribution in [1.29, 1.82) is 0 Å². The summed E-state index contributed by atoms with van der Waals surface area (Å²) in [7, 11) is 1.75. The average molecular weight is 266 g/mol. The third-order valence-corrected chi connectivity index (χ3v) is 2.39. The van der Waals surface area contributed by atoms with Crippen molar-refractivity contribution in [2.45, 2.75) is 6.92 Å². The molecule has 2 N–H and O–H groups in total. The molecule has 0 saturated heterocycles. The van der Waals surface area contributed by atoms with E-state index in [0.29, 0.717) is 12.4 Å². The fourth-order valence-electron chi connectivity index (χ4n) is 1.58. The first kappa shape index (κ1) is 14.8. The Balaban J connectivity index is 2.64. The van der Waals surface area contributed by atoms with Gasteiger partial charge in [0.05, 0.1) is 18.8 Å². The van der Waals surface area contributed by atoms with E-state index in [0.717, 1.165) is 5.69 Å². The lowest BCUT2D eigenvalue weighted by Crippen LogP contribution is -2.37. The quantitative estimate of drug-likeness (QED) is 0.760. The fourth-order valence-corrected chi connectivity index (χ4v) is 1.58. The molecule has 0 unspecified atom stereocenters. The van der Waals surface area contributed by atoms with Crippen molar-refractivity contribution in [3.05, 3.63) is 24.3 Å². The highest BCUT2D eigenvalue weighted by atomic mass is 16.5. The number of carbonyl (C=O) groups excluding carboxylic acids is 1. The first-order valence-corrected chi connectivity index (χ1v) is 5.96. The molecule has 6 heteroatoms. The number of ether oxygens (including phenoxy) is 1. The maximum atomic E-state index is 11.5. The van der Waals surface area contributed by atoms with Gasteiger partial charge in [0, 0.05) is 7.05 Å². The zero-order valence-electron chi connectivity index (χ0n) is 11.0. The van der Waals surface area contributed by atoms with Gasteiger partial charge < -0.3 is 20.1 Å². The number of hydrogen-bond acceptors (Lipinski definition) is 4. The third kappa shape index (κ3) is 4.87. The second-order valence-corrected chi connectivity index (χ2v) is 3.93. The lowest BCUT2D eigenvalue weighted by Gasteiger charge is -2.21. The van der Waals surface area contributed by atoms with Gasteiger partial charge in [-0.05, 0) is 19.1 Å². The molecule has 0 spiro atoms. The molecule has 0 fully saturated rings. The largest absolute Gasteiger partial charge is 0.492 e. The van der Waals surface area contributed by atoms with Crippen LogP contribution in [0.4, 0.5) is 5.69 Å². The molecule has 1 aromatic rings. The predicted molar refractivity (Wildman–Crippen MR) is 71.5 cm³/mol. The number of likely N-dealkylation sites (N-methyl/N-ethyl adjacent to an activating group) is 1. The van der Waals surface area contributed by atoms with Crippen LogP contribution in [-0.4, -0.2) is 43.7 Å². The lowest BCUT2D eigenvalue weighted by atomic mass is 10.2. The molecule has 1 aromatic carbocycles. The van der Waals surface area contributed by atoms with Gasteiger partial charge in [-0.25, -0.2) is 0 Å². The summed E-state index contributed by atoms with van der Waals surface area (Å²) in [6.45, 7) is 2.11. The Kier molecular flexibility index (Phi) is 5.66. The van der Waals surface area contributed by atoms with Crippen LogP contribution in [0.1, 0.15) is 6.92 Å². The SMILES string of the molecule is CCOc1ccccc1N(C)CC(=O)NCC(=O)O. The van der Waals surface area contributed by atoms with E-state index in [2.05, 4.69) is 5.32 Å². The third-order valence-electron chi connectivity index (χ3n) is 2.39. The van der Waals surface area contributed by atoms with E-state index in [4.69, 9.17) is 9.84 Å². The van der Waals surface area contributed by atoms with Crippen molar-refractivity contribution in [3.63, 3.8) is 0 Å². The highest BCUT2D eigenvalue weighted by Gasteiger charge is 2.12. The van der Waals surface area contributed by atoms with Gasteiger partial charge >= 0.3 is 5.97 Å². The van der Waals surface area contributed by atoms with Crippen LogP contribution in [0, 0.1) is 0 Å². The van der Waals surface area contributed by atoms with Crippen molar-refractivity contribution in [2.24, 2.45) is 0 Å². The minimum absolute atomic E-state index is 0.0668. The number of aliphatic carboxylic acids is 1. The normalized spacial score (nSPS) is 9.79. The molecule has 1 amide bonds. The molecule has 0 aliphatic rings. The van der Waals surface area contributed by atoms with Crippen molar-refractivity contribution >= 4 is 17.6 Å². The first-order valence-electron chi connectivity index (χ1n) is 5.96. The smallest absolute Gasteiger partial charge is 0.322 e. The minimum atomic E-state index is -1.06. The summed E-state index contributed by atoms with van der Waals surface area (Å²) >= 11 is 0. The highest BCUT2D eigenvalue weighted by Crippen LogP contribution is 2.26. The summed E-state index contributed by atoms with van der Waals surface area (Å²) in [5.41, 5.74) is 0.787. The molecule has 1 rings (SSSR count). The molecule has 0 bridgehead atoms. The van der Waals surface area contributed by atoms with E-state index in [9.17, 15) is 9.59 Å². The fraction of sp³-hybridized carbons (Fsp3) is 0.385. The molecule has 0 aliphatic heterocycles. The summed E-state index contributed by atoms with van der Waals surface area (Å²) in [5, 5.41) is 10.8. The average Bonchev–Trinajstić information content (AvgIpc) is 2.37. The Hall–Kier alpha value is -2.24. The zero-order chi connectivity index (χ0) is 14.3. The van der Waals surface area contributed by atoms with Crippen molar-refractivity contribution in [3.8, 4) is 5.75 Å². The van der Waals surface area contributed by atoms with Gasteiger partial charge in [0.1, 0.15) is 12.3 Å². The predicted octanol–water partition coefficient (Wildman–Crippen LogP) is 0.722. The van der Waals surface area contributed by atoms with Gasteiger partial charge in [-0.2, -0.15) is 0 Å². The molecular weight excluding hydrogens is 248 g/mol. The number of rotatable bonds is 7. The summed E-state index contributed by atoms with van der Waals surface area (Å²) in [5.74, 6) is -0.722. The second-order valence-electron chi connectivity index (χ2n) is 3.93. The molecular formula is C13H18N2O4. The Morgan fingerprint density at radius 3 is 2.68 bits per heavy atom. The zero-order valence-corrected chi connectivity index (χ0v) is 11.0. The van der Waals surface area contributed by atoms with E-state index in [1.54, 1.807) is 11.9 Å². The Morgan fingerprint density at radius 1 is 1.37 bits per heavy atom. The van der Waals surface area contributed by atoms with E-state index < -0.39 is 5.97 Å². The maximum Gasteiger partial charge on any atom is 0.322 e. The summed E-state index contributed by atoms with van der Waals surface area (Å²) in [6, 6.07) is 7.37. The molecule has 0 atom stereocenters. The first-order chi connectivity index (χ1) is 9.04. The van der Waals surface area contributed by atoms with Crippen LogP contribution in [0.25, 0.3) is 0 Å². The number of nitrogens with one attached hydrogen (secondary N) is 1. The topological polar surface area (TPSA) is 78.9 Å². The van der Waals surface area contributed by atoms with Gasteiger partial charge in [0.2, 0.25) is 5.91 Å². The van der Waals surface area contributed by atoms with Crippen LogP contribution in [0.15, 0.2) is 24.3 Å². The van der Waals surface area contributed by atoms with E-state index in [1.165, 1.54) is 0 Å². The number of amides is 1. The molecule has 19 heavy (non-hydrogen) atoms. The number of carbonyl (C=O) groups is 2. The summed E-state index contributed by atoms with van der Waals surface area (Å²) in [4.78, 5) is 23.6. The Labute approximate surface area is 112 Å². The van der Waals surface area contributed by atoms with E-state index in [1.807, 2.05) is 31.2 Å². The number of nitrogens with zero attached hydrogens (tertiary/aromatic N) is 1. The second kappa shape index (κ2) is 7.25. The number of carboxylic acid groups (broad SMARTS) is 1. The molecule has 0 radical (unpaired) electrons. The van der Waals surface area contributed by atoms with Crippen molar-refractivity contribution in [1.82, 2.24) is 5.32 Å². The van der Waals surface area contributed by atoms with Crippen LogP contribution < -0.4 is 15.0 Å². The number of carboxylic acids is 1.